The van der Waals surface area contributed by atoms with Crippen molar-refractivity contribution in [1.82, 2.24) is 9.80 Å². The summed E-state index contributed by atoms with van der Waals surface area (Å²) in [5.41, 5.74) is 1.68. The van der Waals surface area contributed by atoms with Crippen LogP contribution in [0.4, 0.5) is 5.69 Å². The zero-order chi connectivity index (χ0) is 15.4. The third-order valence-corrected chi connectivity index (χ3v) is 4.10. The minimum Gasteiger partial charge on any atom is -0.382 e. The molecule has 1 aliphatic heterocycles. The molecule has 0 saturated carbocycles. The zero-order valence-electron chi connectivity index (χ0n) is 13.6. The monoisotopic (exact) mass is 289 g/mol. The van der Waals surface area contributed by atoms with Gasteiger partial charge in [-0.25, -0.2) is 0 Å². The van der Waals surface area contributed by atoms with E-state index in [4.69, 9.17) is 0 Å². The summed E-state index contributed by atoms with van der Waals surface area (Å²) < 4.78 is 0. The van der Waals surface area contributed by atoms with Gasteiger partial charge < -0.3 is 15.1 Å². The third kappa shape index (κ3) is 3.97. The van der Waals surface area contributed by atoms with Crippen LogP contribution in [0.15, 0.2) is 24.3 Å². The van der Waals surface area contributed by atoms with E-state index in [2.05, 4.69) is 31.1 Å². The number of anilines is 1. The molecular formula is C17H27N3O. The molecule has 1 atom stereocenters. The third-order valence-electron chi connectivity index (χ3n) is 4.10. The first-order valence-electron chi connectivity index (χ1n) is 7.80. The molecular weight excluding hydrogens is 262 g/mol. The molecule has 116 valence electrons. The van der Waals surface area contributed by atoms with Gasteiger partial charge in [0.25, 0.3) is 5.91 Å². The van der Waals surface area contributed by atoms with Gasteiger partial charge >= 0.3 is 0 Å². The normalized spacial score (nSPS) is 19.0. The number of likely N-dealkylation sites (N-methyl/N-ethyl adjacent to an activating group) is 2. The molecule has 0 bridgehead atoms. The van der Waals surface area contributed by atoms with Crippen molar-refractivity contribution >= 4 is 11.6 Å². The molecule has 1 aromatic carbocycles. The number of nitrogens with one attached hydrogen (secondary N) is 1. The molecule has 0 aliphatic carbocycles. The summed E-state index contributed by atoms with van der Waals surface area (Å²) in [5.74, 6) is 0.0963. The van der Waals surface area contributed by atoms with Gasteiger partial charge in [-0.05, 0) is 52.4 Å². The maximum absolute atomic E-state index is 12.7. The molecule has 1 heterocycles. The van der Waals surface area contributed by atoms with Gasteiger partial charge in [0.05, 0.1) is 5.56 Å². The Labute approximate surface area is 128 Å². The summed E-state index contributed by atoms with van der Waals surface area (Å²) in [6.45, 7) is 6.10. The fourth-order valence-electron chi connectivity index (χ4n) is 2.92. The molecule has 1 unspecified atom stereocenters. The van der Waals surface area contributed by atoms with Crippen LogP contribution >= 0.6 is 0 Å². The van der Waals surface area contributed by atoms with Gasteiger partial charge in [-0.1, -0.05) is 12.1 Å². The average Bonchev–Trinajstić information content (AvgIpc) is 2.83. The number of likely N-dealkylation sites (tertiary alicyclic amines) is 1. The topological polar surface area (TPSA) is 35.6 Å². The lowest BCUT2D eigenvalue weighted by Gasteiger charge is -2.26. The lowest BCUT2D eigenvalue weighted by atomic mass is 10.1. The quantitative estimate of drug-likeness (QED) is 0.905. The number of nitrogens with zero attached hydrogens (tertiary/aromatic N) is 2. The van der Waals surface area contributed by atoms with E-state index < -0.39 is 0 Å². The number of carbonyl (C=O) groups excluding carboxylic acids is 1. The maximum Gasteiger partial charge on any atom is 0.255 e. The Morgan fingerprint density at radius 1 is 1.43 bits per heavy atom. The van der Waals surface area contributed by atoms with Crippen LogP contribution in [0.5, 0.6) is 0 Å². The van der Waals surface area contributed by atoms with E-state index in [0.29, 0.717) is 12.1 Å². The fourth-order valence-corrected chi connectivity index (χ4v) is 2.92. The van der Waals surface area contributed by atoms with E-state index in [1.165, 1.54) is 12.8 Å². The summed E-state index contributed by atoms with van der Waals surface area (Å²) in [4.78, 5) is 16.9. The average molecular weight is 289 g/mol. The van der Waals surface area contributed by atoms with Crippen LogP contribution in [0.25, 0.3) is 0 Å². The number of amides is 1. The fraction of sp³-hybridized carbons (Fsp3) is 0.588. The highest BCUT2D eigenvalue weighted by Gasteiger charge is 2.25. The Morgan fingerprint density at radius 2 is 2.14 bits per heavy atom. The first-order chi connectivity index (χ1) is 9.99. The Kier molecular flexibility index (Phi) is 5.23. The molecule has 1 aliphatic rings. The predicted octanol–water partition coefficient (Wildman–Crippen LogP) is 2.67. The van der Waals surface area contributed by atoms with E-state index in [1.807, 2.05) is 36.2 Å². The summed E-state index contributed by atoms with van der Waals surface area (Å²) in [6.07, 6.45) is 2.41. The molecule has 4 heteroatoms. The van der Waals surface area contributed by atoms with Crippen LogP contribution in [-0.2, 0) is 0 Å². The van der Waals surface area contributed by atoms with Crippen LogP contribution < -0.4 is 5.32 Å². The molecule has 1 N–H and O–H groups in total. The molecule has 0 aromatic heterocycles. The first kappa shape index (κ1) is 15.8. The van der Waals surface area contributed by atoms with Crippen LogP contribution in [0.2, 0.25) is 0 Å². The maximum atomic E-state index is 12.7. The Hall–Kier alpha value is -1.55. The first-order valence-corrected chi connectivity index (χ1v) is 7.80. The number of hydrogen-bond acceptors (Lipinski definition) is 3. The van der Waals surface area contributed by atoms with Gasteiger partial charge in [0.2, 0.25) is 0 Å². The van der Waals surface area contributed by atoms with Crippen molar-refractivity contribution in [3.8, 4) is 0 Å². The highest BCUT2D eigenvalue weighted by atomic mass is 16.2. The standard InChI is InChI=1S/C17H27N3O/c1-13(2)18-16-10-6-5-9-15(16)17(21)20(4)12-14-8-7-11-19(14)3/h5-6,9-10,13-14,18H,7-8,11-12H2,1-4H3. The van der Waals surface area contributed by atoms with Crippen molar-refractivity contribution in [3.05, 3.63) is 29.8 Å². The molecule has 2 rings (SSSR count). The summed E-state index contributed by atoms with van der Waals surface area (Å²) >= 11 is 0. The molecule has 4 nitrogen and oxygen atoms in total. The van der Waals surface area contributed by atoms with E-state index >= 15 is 0 Å². The molecule has 1 amide bonds. The SMILES string of the molecule is CC(C)Nc1ccccc1C(=O)N(C)CC1CCCN1C. The van der Waals surface area contributed by atoms with E-state index in [0.717, 1.165) is 24.3 Å². The van der Waals surface area contributed by atoms with Gasteiger partial charge in [-0.15, -0.1) is 0 Å². The van der Waals surface area contributed by atoms with Crippen molar-refractivity contribution in [1.29, 1.82) is 0 Å². The predicted molar refractivity (Wildman–Crippen MR) is 87.8 cm³/mol. The van der Waals surface area contributed by atoms with Gasteiger partial charge in [0, 0.05) is 31.4 Å². The highest BCUT2D eigenvalue weighted by Crippen LogP contribution is 2.20. The number of hydrogen-bond donors (Lipinski definition) is 1. The summed E-state index contributed by atoms with van der Waals surface area (Å²) in [7, 11) is 4.05. The van der Waals surface area contributed by atoms with Crippen molar-refractivity contribution in [3.63, 3.8) is 0 Å². The highest BCUT2D eigenvalue weighted by molar-refractivity contribution is 5.99. The Morgan fingerprint density at radius 3 is 2.76 bits per heavy atom. The van der Waals surface area contributed by atoms with Crippen molar-refractivity contribution in [2.45, 2.75) is 38.8 Å². The molecule has 1 aromatic rings. The lowest BCUT2D eigenvalue weighted by Crippen LogP contribution is -2.39. The van der Waals surface area contributed by atoms with Crippen LogP contribution in [-0.4, -0.2) is 55.0 Å². The molecule has 0 radical (unpaired) electrons. The largest absolute Gasteiger partial charge is 0.382 e. The van der Waals surface area contributed by atoms with Crippen LogP contribution in [0, 0.1) is 0 Å². The second kappa shape index (κ2) is 6.94. The van der Waals surface area contributed by atoms with Gasteiger partial charge in [0.1, 0.15) is 0 Å². The van der Waals surface area contributed by atoms with Crippen molar-refractivity contribution in [2.75, 3.05) is 32.5 Å². The molecule has 0 spiro atoms. The number of carbonyl (C=O) groups is 1. The summed E-state index contributed by atoms with van der Waals surface area (Å²) in [6, 6.07) is 8.57. The number of para-hydroxylation sites is 1. The molecule has 1 fully saturated rings. The van der Waals surface area contributed by atoms with Crippen LogP contribution in [0.3, 0.4) is 0 Å². The van der Waals surface area contributed by atoms with Gasteiger partial charge in [0.15, 0.2) is 0 Å². The minimum absolute atomic E-state index is 0.0963. The van der Waals surface area contributed by atoms with E-state index in [9.17, 15) is 4.79 Å². The van der Waals surface area contributed by atoms with Crippen LogP contribution in [0.1, 0.15) is 37.0 Å². The Balaban J connectivity index is 2.08. The number of benzene rings is 1. The van der Waals surface area contributed by atoms with Crippen molar-refractivity contribution in [2.24, 2.45) is 0 Å². The summed E-state index contributed by atoms with van der Waals surface area (Å²) in [5, 5.41) is 3.35. The van der Waals surface area contributed by atoms with Crippen molar-refractivity contribution < 1.29 is 4.79 Å². The van der Waals surface area contributed by atoms with E-state index in [-0.39, 0.29) is 5.91 Å². The van der Waals surface area contributed by atoms with Gasteiger partial charge in [-0.2, -0.15) is 0 Å². The molecule has 21 heavy (non-hydrogen) atoms. The Bertz CT molecular complexity index is 487. The number of rotatable bonds is 5. The smallest absolute Gasteiger partial charge is 0.255 e. The minimum atomic E-state index is 0.0963. The van der Waals surface area contributed by atoms with E-state index in [1.54, 1.807) is 0 Å². The van der Waals surface area contributed by atoms with Gasteiger partial charge in [-0.3, -0.25) is 4.79 Å². The molecule has 1 saturated heterocycles. The second-order valence-electron chi connectivity index (χ2n) is 6.31. The zero-order valence-corrected chi connectivity index (χ0v) is 13.6. The second-order valence-corrected chi connectivity index (χ2v) is 6.31. The lowest BCUT2D eigenvalue weighted by molar-refractivity contribution is 0.0762.